The summed E-state index contributed by atoms with van der Waals surface area (Å²) in [5.74, 6) is 0.314. The van der Waals surface area contributed by atoms with E-state index >= 15 is 0 Å². The van der Waals surface area contributed by atoms with E-state index in [4.69, 9.17) is 17.0 Å². The number of rotatable bonds is 4. The number of para-hydroxylation sites is 1. The highest BCUT2D eigenvalue weighted by Crippen LogP contribution is 2.40. The van der Waals surface area contributed by atoms with Crippen molar-refractivity contribution in [2.45, 2.75) is 26.2 Å². The molecule has 1 unspecified atom stereocenters. The molecule has 30 heavy (non-hydrogen) atoms. The van der Waals surface area contributed by atoms with Crippen LogP contribution in [0.2, 0.25) is 0 Å². The minimum Gasteiger partial charge on any atom is -0.465 e. The molecule has 0 bridgehead atoms. The van der Waals surface area contributed by atoms with Gasteiger partial charge < -0.3 is 15.4 Å². The molecule has 1 heterocycles. The maximum Gasteiger partial charge on any atom is 0.341 e. The standard InChI is InChI=1S/C24H24N2O2S2/c1-15-12-13-18-20(14-15)30-22(21(18)23(27)28-2)26-24(29)25-19-11-7-6-10-17(19)16-8-4-3-5-9-16/h3-11,15H,12-14H2,1-2H3,(H2,25,26,29). The number of thiocarbonyl (C=S) groups is 1. The van der Waals surface area contributed by atoms with Crippen molar-refractivity contribution in [3.63, 3.8) is 0 Å². The van der Waals surface area contributed by atoms with Crippen molar-refractivity contribution in [2.24, 2.45) is 5.92 Å². The maximum absolute atomic E-state index is 12.5. The quantitative estimate of drug-likeness (QED) is 0.380. The molecule has 2 N–H and O–H groups in total. The fourth-order valence-electron chi connectivity index (χ4n) is 3.88. The Hall–Kier alpha value is -2.70. The van der Waals surface area contributed by atoms with Crippen LogP contribution in [0.15, 0.2) is 54.6 Å². The van der Waals surface area contributed by atoms with Crippen molar-refractivity contribution in [1.82, 2.24) is 0 Å². The number of hydrogen-bond donors (Lipinski definition) is 2. The Morgan fingerprint density at radius 3 is 2.60 bits per heavy atom. The molecule has 2 aromatic carbocycles. The molecular formula is C24H24N2O2S2. The van der Waals surface area contributed by atoms with Crippen molar-refractivity contribution in [3.05, 3.63) is 70.6 Å². The van der Waals surface area contributed by atoms with Crippen LogP contribution in [0, 0.1) is 5.92 Å². The summed E-state index contributed by atoms with van der Waals surface area (Å²) in [4.78, 5) is 13.8. The number of nitrogens with one attached hydrogen (secondary N) is 2. The number of fused-ring (bicyclic) bond motifs is 1. The number of benzene rings is 2. The Morgan fingerprint density at radius 1 is 1.10 bits per heavy atom. The molecule has 0 amide bonds. The van der Waals surface area contributed by atoms with Gasteiger partial charge in [-0.3, -0.25) is 0 Å². The third-order valence-corrected chi connectivity index (χ3v) is 6.76. The number of thiophene rings is 1. The number of ether oxygens (including phenoxy) is 1. The van der Waals surface area contributed by atoms with E-state index in [0.717, 1.165) is 46.6 Å². The number of hydrogen-bond acceptors (Lipinski definition) is 4. The monoisotopic (exact) mass is 436 g/mol. The number of anilines is 2. The molecule has 1 aliphatic rings. The van der Waals surface area contributed by atoms with Crippen LogP contribution in [0.3, 0.4) is 0 Å². The van der Waals surface area contributed by atoms with Crippen LogP contribution in [-0.4, -0.2) is 18.2 Å². The molecule has 0 fully saturated rings. The number of methoxy groups -OCH3 is 1. The van der Waals surface area contributed by atoms with Gasteiger partial charge in [0.2, 0.25) is 0 Å². The third kappa shape index (κ3) is 4.25. The number of carbonyl (C=O) groups is 1. The van der Waals surface area contributed by atoms with Crippen LogP contribution >= 0.6 is 23.6 Å². The van der Waals surface area contributed by atoms with Gasteiger partial charge in [-0.25, -0.2) is 4.79 Å². The highest BCUT2D eigenvalue weighted by Gasteiger charge is 2.28. The van der Waals surface area contributed by atoms with Gasteiger partial charge in [-0.1, -0.05) is 55.5 Å². The Balaban J connectivity index is 1.60. The largest absolute Gasteiger partial charge is 0.465 e. The van der Waals surface area contributed by atoms with Crippen molar-refractivity contribution >= 4 is 45.3 Å². The number of esters is 1. The van der Waals surface area contributed by atoms with E-state index in [2.05, 4.69) is 35.8 Å². The molecule has 1 aromatic heterocycles. The summed E-state index contributed by atoms with van der Waals surface area (Å²) in [6.07, 6.45) is 2.97. The van der Waals surface area contributed by atoms with Crippen LogP contribution in [0.1, 0.15) is 34.1 Å². The minimum absolute atomic E-state index is 0.308. The zero-order chi connectivity index (χ0) is 21.1. The summed E-state index contributed by atoms with van der Waals surface area (Å²) in [6.45, 7) is 2.25. The molecule has 0 spiro atoms. The fourth-order valence-corrected chi connectivity index (χ4v) is 5.55. The predicted molar refractivity (Wildman–Crippen MR) is 129 cm³/mol. The fraction of sp³-hybridized carbons (Fsp3) is 0.250. The van der Waals surface area contributed by atoms with Crippen molar-refractivity contribution in [3.8, 4) is 11.1 Å². The van der Waals surface area contributed by atoms with Gasteiger partial charge in [-0.05, 0) is 54.6 Å². The molecule has 154 valence electrons. The molecule has 0 aliphatic heterocycles. The Kier molecular flexibility index (Phi) is 6.16. The molecule has 0 radical (unpaired) electrons. The molecule has 1 aliphatic carbocycles. The van der Waals surface area contributed by atoms with E-state index in [1.54, 1.807) is 11.3 Å². The van der Waals surface area contributed by atoms with E-state index < -0.39 is 0 Å². The minimum atomic E-state index is -0.308. The molecule has 6 heteroatoms. The summed E-state index contributed by atoms with van der Waals surface area (Å²) >= 11 is 7.22. The topological polar surface area (TPSA) is 50.4 Å². The van der Waals surface area contributed by atoms with Gasteiger partial charge in [0.15, 0.2) is 5.11 Å². The molecule has 0 saturated carbocycles. The van der Waals surface area contributed by atoms with Gasteiger partial charge in [0, 0.05) is 16.1 Å². The zero-order valence-electron chi connectivity index (χ0n) is 17.0. The highest BCUT2D eigenvalue weighted by molar-refractivity contribution is 7.80. The molecule has 4 nitrogen and oxygen atoms in total. The average Bonchev–Trinajstić information content (AvgIpc) is 3.10. The molecule has 0 saturated heterocycles. The summed E-state index contributed by atoms with van der Waals surface area (Å²) < 4.78 is 5.07. The Morgan fingerprint density at radius 2 is 1.83 bits per heavy atom. The van der Waals surface area contributed by atoms with Gasteiger partial charge in [0.05, 0.1) is 12.7 Å². The van der Waals surface area contributed by atoms with Crippen LogP contribution in [-0.2, 0) is 17.6 Å². The van der Waals surface area contributed by atoms with Gasteiger partial charge in [-0.15, -0.1) is 11.3 Å². The van der Waals surface area contributed by atoms with E-state index in [0.29, 0.717) is 16.6 Å². The normalized spacial score (nSPS) is 15.2. The van der Waals surface area contributed by atoms with Crippen LogP contribution in [0.5, 0.6) is 0 Å². The number of carbonyl (C=O) groups excluding carboxylic acids is 1. The van der Waals surface area contributed by atoms with E-state index in [1.807, 2.05) is 36.4 Å². The predicted octanol–water partition coefficient (Wildman–Crippen LogP) is 6.14. The molecule has 4 rings (SSSR count). The third-order valence-electron chi connectivity index (χ3n) is 5.39. The summed E-state index contributed by atoms with van der Waals surface area (Å²) in [7, 11) is 1.42. The molecule has 1 atom stereocenters. The first-order valence-electron chi connectivity index (χ1n) is 10.0. The van der Waals surface area contributed by atoms with Crippen LogP contribution < -0.4 is 10.6 Å². The van der Waals surface area contributed by atoms with Crippen molar-refractivity contribution in [2.75, 3.05) is 17.7 Å². The average molecular weight is 437 g/mol. The van der Waals surface area contributed by atoms with Gasteiger partial charge in [0.25, 0.3) is 0 Å². The lowest BCUT2D eigenvalue weighted by Crippen LogP contribution is -2.21. The lowest BCUT2D eigenvalue weighted by molar-refractivity contribution is 0.0601. The zero-order valence-corrected chi connectivity index (χ0v) is 18.7. The van der Waals surface area contributed by atoms with Gasteiger partial charge in [0.1, 0.15) is 5.00 Å². The van der Waals surface area contributed by atoms with Crippen LogP contribution in [0.25, 0.3) is 11.1 Å². The first-order chi connectivity index (χ1) is 14.6. The van der Waals surface area contributed by atoms with Gasteiger partial charge in [-0.2, -0.15) is 0 Å². The van der Waals surface area contributed by atoms with Gasteiger partial charge >= 0.3 is 5.97 Å². The Bertz CT molecular complexity index is 1080. The van der Waals surface area contributed by atoms with E-state index in [-0.39, 0.29) is 5.97 Å². The summed E-state index contributed by atoms with van der Waals surface area (Å²) in [5.41, 5.74) is 4.83. The maximum atomic E-state index is 12.5. The lowest BCUT2D eigenvalue weighted by Gasteiger charge is -2.18. The van der Waals surface area contributed by atoms with Crippen molar-refractivity contribution in [1.29, 1.82) is 0 Å². The van der Waals surface area contributed by atoms with Crippen LogP contribution in [0.4, 0.5) is 10.7 Å². The Labute approximate surface area is 186 Å². The van der Waals surface area contributed by atoms with Crippen molar-refractivity contribution < 1.29 is 9.53 Å². The highest BCUT2D eigenvalue weighted by atomic mass is 32.1. The first-order valence-corrected chi connectivity index (χ1v) is 11.2. The SMILES string of the molecule is COC(=O)c1c(NC(=S)Nc2ccccc2-c2ccccc2)sc2c1CCC(C)C2. The van der Waals surface area contributed by atoms with E-state index in [1.165, 1.54) is 12.0 Å². The second-order valence-corrected chi connectivity index (χ2v) is 9.05. The molecular weight excluding hydrogens is 412 g/mol. The summed E-state index contributed by atoms with van der Waals surface area (Å²) in [6, 6.07) is 18.2. The second-order valence-electron chi connectivity index (χ2n) is 7.54. The lowest BCUT2D eigenvalue weighted by atomic mass is 9.88. The smallest absolute Gasteiger partial charge is 0.341 e. The second kappa shape index (κ2) is 8.98. The summed E-state index contributed by atoms with van der Waals surface area (Å²) in [5, 5.41) is 7.78. The molecule has 3 aromatic rings. The van der Waals surface area contributed by atoms with E-state index in [9.17, 15) is 4.79 Å². The first kappa shape index (κ1) is 20.6.